The van der Waals surface area contributed by atoms with Crippen molar-refractivity contribution in [1.82, 2.24) is 9.37 Å². The molecule has 1 aliphatic rings. The van der Waals surface area contributed by atoms with Crippen LogP contribution in [0.2, 0.25) is 5.02 Å². The van der Waals surface area contributed by atoms with Gasteiger partial charge in [0, 0.05) is 13.1 Å². The van der Waals surface area contributed by atoms with E-state index in [9.17, 15) is 22.8 Å². The molecule has 2 aromatic carbocycles. The van der Waals surface area contributed by atoms with Crippen LogP contribution in [0.3, 0.4) is 0 Å². The molecule has 0 radical (unpaired) electrons. The summed E-state index contributed by atoms with van der Waals surface area (Å²) in [5.41, 5.74) is -0.0695. The second-order valence-corrected chi connectivity index (χ2v) is 8.41. The van der Waals surface area contributed by atoms with E-state index in [1.54, 1.807) is 26.0 Å². The summed E-state index contributed by atoms with van der Waals surface area (Å²) >= 11 is 6.04. The van der Waals surface area contributed by atoms with Crippen molar-refractivity contribution < 1.29 is 27.6 Å². The molecule has 0 aromatic heterocycles. The van der Waals surface area contributed by atoms with Crippen molar-refractivity contribution in [3.05, 3.63) is 64.2 Å². The molecule has 0 N–H and O–H groups in total. The lowest BCUT2D eigenvalue weighted by atomic mass is 10.1. The van der Waals surface area contributed by atoms with Gasteiger partial charge in [-0.2, -0.15) is 4.31 Å². The Hall–Kier alpha value is -2.75. The molecule has 0 fully saturated rings. The van der Waals surface area contributed by atoms with Gasteiger partial charge in [-0.25, -0.2) is 13.2 Å². The van der Waals surface area contributed by atoms with Crippen LogP contribution in [0.25, 0.3) is 0 Å². The molecule has 2 amide bonds. The molecule has 3 rings (SSSR count). The van der Waals surface area contributed by atoms with Gasteiger partial charge < -0.3 is 4.84 Å². The average molecular weight is 437 g/mol. The van der Waals surface area contributed by atoms with Crippen LogP contribution >= 0.6 is 11.6 Å². The zero-order valence-electron chi connectivity index (χ0n) is 15.6. The number of carbonyl (C=O) groups excluding carboxylic acids is 3. The molecule has 0 saturated heterocycles. The summed E-state index contributed by atoms with van der Waals surface area (Å²) < 4.78 is 26.6. The third-order valence-electron chi connectivity index (χ3n) is 4.43. The van der Waals surface area contributed by atoms with E-state index >= 15 is 0 Å². The summed E-state index contributed by atoms with van der Waals surface area (Å²) in [6.45, 7) is 3.87. The first-order chi connectivity index (χ1) is 13.7. The minimum atomic E-state index is -3.85. The van der Waals surface area contributed by atoms with Crippen LogP contribution in [-0.4, -0.2) is 48.7 Å². The molecule has 0 spiro atoms. The predicted octanol–water partition coefficient (Wildman–Crippen LogP) is 2.74. The van der Waals surface area contributed by atoms with Gasteiger partial charge in [0.25, 0.3) is 11.8 Å². The number of imide groups is 1. The van der Waals surface area contributed by atoms with Crippen LogP contribution < -0.4 is 0 Å². The van der Waals surface area contributed by atoms with E-state index in [0.717, 1.165) is 6.07 Å². The van der Waals surface area contributed by atoms with Gasteiger partial charge >= 0.3 is 5.97 Å². The molecule has 0 saturated carbocycles. The van der Waals surface area contributed by atoms with E-state index in [1.165, 1.54) is 28.6 Å². The van der Waals surface area contributed by atoms with Crippen molar-refractivity contribution >= 4 is 39.4 Å². The number of nitrogens with zero attached hydrogens (tertiary/aromatic N) is 2. The fourth-order valence-corrected chi connectivity index (χ4v) is 4.60. The predicted molar refractivity (Wildman–Crippen MR) is 104 cm³/mol. The Kier molecular flexibility index (Phi) is 5.74. The Morgan fingerprint density at radius 3 is 2.10 bits per heavy atom. The summed E-state index contributed by atoms with van der Waals surface area (Å²) in [6.07, 6.45) is 0. The summed E-state index contributed by atoms with van der Waals surface area (Å²) in [5, 5.41) is 0.264. The topological polar surface area (TPSA) is 101 Å². The van der Waals surface area contributed by atoms with Crippen molar-refractivity contribution in [2.24, 2.45) is 0 Å². The fourth-order valence-electron chi connectivity index (χ4n) is 2.92. The molecule has 0 aliphatic carbocycles. The van der Waals surface area contributed by atoms with Crippen LogP contribution in [0.15, 0.2) is 47.4 Å². The molecular formula is C19H17ClN2O6S. The fraction of sp³-hybridized carbons (Fsp3) is 0.211. The highest BCUT2D eigenvalue weighted by Crippen LogP contribution is 2.27. The third-order valence-corrected chi connectivity index (χ3v) is 6.81. The second kappa shape index (κ2) is 7.94. The Bertz CT molecular complexity index is 1080. The first-order valence-electron chi connectivity index (χ1n) is 8.72. The highest BCUT2D eigenvalue weighted by Gasteiger charge is 2.39. The molecule has 1 aliphatic heterocycles. The van der Waals surface area contributed by atoms with E-state index in [1.807, 2.05) is 0 Å². The van der Waals surface area contributed by atoms with Crippen molar-refractivity contribution in [3.63, 3.8) is 0 Å². The van der Waals surface area contributed by atoms with Crippen LogP contribution in [0.4, 0.5) is 0 Å². The largest absolute Gasteiger partial charge is 0.365 e. The van der Waals surface area contributed by atoms with Gasteiger partial charge in [-0.1, -0.05) is 42.6 Å². The molecular weight excluding hydrogens is 420 g/mol. The average Bonchev–Trinajstić information content (AvgIpc) is 2.94. The first kappa shape index (κ1) is 21.0. The van der Waals surface area contributed by atoms with Crippen LogP contribution in [0.5, 0.6) is 0 Å². The Balaban J connectivity index is 1.91. The molecule has 0 unspecified atom stereocenters. The highest BCUT2D eigenvalue weighted by atomic mass is 35.5. The number of sulfonamides is 1. The minimum absolute atomic E-state index is 0.0786. The van der Waals surface area contributed by atoms with E-state index in [4.69, 9.17) is 16.4 Å². The highest BCUT2D eigenvalue weighted by molar-refractivity contribution is 7.89. The Morgan fingerprint density at radius 1 is 1.03 bits per heavy atom. The summed E-state index contributed by atoms with van der Waals surface area (Å²) in [7, 11) is -3.85. The smallest absolute Gasteiger partial charge is 0.324 e. The quantitative estimate of drug-likeness (QED) is 0.645. The zero-order valence-corrected chi connectivity index (χ0v) is 17.2. The summed E-state index contributed by atoms with van der Waals surface area (Å²) in [5.74, 6) is -2.70. The number of hydrogen-bond acceptors (Lipinski definition) is 6. The standard InChI is InChI=1S/C19H17ClN2O6S/c1-3-21(4-2)29(26,27)12-9-10-16(20)15(11-12)19(25)28-22-17(23)13-7-5-6-8-14(13)18(22)24/h5-11H,3-4H2,1-2H3. The van der Waals surface area contributed by atoms with Crippen molar-refractivity contribution in [3.8, 4) is 0 Å². The van der Waals surface area contributed by atoms with Gasteiger partial charge in [-0.15, -0.1) is 0 Å². The molecule has 152 valence electrons. The van der Waals surface area contributed by atoms with Crippen LogP contribution in [0.1, 0.15) is 44.9 Å². The molecule has 0 bridgehead atoms. The van der Waals surface area contributed by atoms with Gasteiger partial charge in [0.05, 0.1) is 26.6 Å². The minimum Gasteiger partial charge on any atom is -0.324 e. The van der Waals surface area contributed by atoms with E-state index in [2.05, 4.69) is 0 Å². The lowest BCUT2D eigenvalue weighted by Gasteiger charge is -2.19. The molecule has 8 nitrogen and oxygen atoms in total. The molecule has 1 heterocycles. The summed E-state index contributed by atoms with van der Waals surface area (Å²) in [4.78, 5) is 42.1. The number of carbonyl (C=O) groups is 3. The number of amides is 2. The Labute approximate surface area is 172 Å². The van der Waals surface area contributed by atoms with Gasteiger partial charge in [0.15, 0.2) is 0 Å². The summed E-state index contributed by atoms with van der Waals surface area (Å²) in [6, 6.07) is 9.62. The first-order valence-corrected chi connectivity index (χ1v) is 10.5. The van der Waals surface area contributed by atoms with Gasteiger partial charge in [-0.3, -0.25) is 9.59 Å². The number of halogens is 1. The second-order valence-electron chi connectivity index (χ2n) is 6.06. The monoisotopic (exact) mass is 436 g/mol. The van der Waals surface area contributed by atoms with Crippen LogP contribution in [0, 0.1) is 0 Å². The number of benzene rings is 2. The van der Waals surface area contributed by atoms with E-state index in [0.29, 0.717) is 5.06 Å². The maximum Gasteiger partial charge on any atom is 0.365 e. The van der Waals surface area contributed by atoms with Gasteiger partial charge in [0.1, 0.15) is 0 Å². The van der Waals surface area contributed by atoms with E-state index in [-0.39, 0.29) is 39.7 Å². The van der Waals surface area contributed by atoms with Crippen molar-refractivity contribution in [2.45, 2.75) is 18.7 Å². The maximum absolute atomic E-state index is 12.7. The number of hydroxylamine groups is 2. The molecule has 10 heteroatoms. The maximum atomic E-state index is 12.7. The SMILES string of the molecule is CCN(CC)S(=O)(=O)c1ccc(Cl)c(C(=O)ON2C(=O)c3ccccc3C2=O)c1. The molecule has 2 aromatic rings. The van der Waals surface area contributed by atoms with Gasteiger partial charge in [0.2, 0.25) is 10.0 Å². The lowest BCUT2D eigenvalue weighted by molar-refractivity contribution is -0.0584. The van der Waals surface area contributed by atoms with Crippen molar-refractivity contribution in [2.75, 3.05) is 13.1 Å². The van der Waals surface area contributed by atoms with Crippen LogP contribution in [-0.2, 0) is 14.9 Å². The van der Waals surface area contributed by atoms with E-state index < -0.39 is 27.8 Å². The molecule has 0 atom stereocenters. The lowest BCUT2D eigenvalue weighted by Crippen LogP contribution is -2.33. The Morgan fingerprint density at radius 2 is 1.59 bits per heavy atom. The number of fused-ring (bicyclic) bond motifs is 1. The van der Waals surface area contributed by atoms with Crippen molar-refractivity contribution in [1.29, 1.82) is 0 Å². The zero-order chi connectivity index (χ0) is 21.3. The molecule has 29 heavy (non-hydrogen) atoms. The van der Waals surface area contributed by atoms with Gasteiger partial charge in [-0.05, 0) is 30.3 Å². The number of hydrogen-bond donors (Lipinski definition) is 0. The number of rotatable bonds is 6. The normalized spacial score (nSPS) is 13.7. The third kappa shape index (κ3) is 3.64.